The van der Waals surface area contributed by atoms with Crippen molar-refractivity contribution >= 4 is 16.3 Å². The molecule has 0 saturated carbocycles. The van der Waals surface area contributed by atoms with E-state index in [1.807, 2.05) is 6.92 Å². The number of aromatic nitrogens is 3. The largest absolute Gasteiger partial charge is 0.492 e. The number of nitrogens with zero attached hydrogens (tertiary/aromatic N) is 3. The number of aromatic hydroxyl groups is 1. The van der Waals surface area contributed by atoms with Gasteiger partial charge in [-0.2, -0.15) is 4.52 Å². The third-order valence-electron chi connectivity index (χ3n) is 5.72. The predicted octanol–water partition coefficient (Wildman–Crippen LogP) is 3.33. The zero-order valence-electron chi connectivity index (χ0n) is 16.6. The average molecular weight is 386 g/mol. The first-order valence-electron chi connectivity index (χ1n) is 9.93. The van der Waals surface area contributed by atoms with Crippen LogP contribution < -0.4 is 4.90 Å². The molecule has 2 N–H and O–H groups in total. The van der Waals surface area contributed by atoms with Gasteiger partial charge in [-0.25, -0.2) is 4.98 Å². The van der Waals surface area contributed by atoms with E-state index in [2.05, 4.69) is 55.1 Å². The second-order valence-electron chi connectivity index (χ2n) is 8.26. The minimum absolute atomic E-state index is 0.128. The zero-order valence-corrected chi connectivity index (χ0v) is 17.4. The van der Waals surface area contributed by atoms with Gasteiger partial charge in [0.25, 0.3) is 0 Å². The maximum Gasteiger partial charge on any atom is 0.235 e. The van der Waals surface area contributed by atoms with E-state index < -0.39 is 0 Å². The minimum atomic E-state index is 0.128. The summed E-state index contributed by atoms with van der Waals surface area (Å²) in [4.78, 5) is 7.75. The fourth-order valence-corrected chi connectivity index (χ4v) is 5.46. The van der Waals surface area contributed by atoms with Crippen LogP contribution in [0.1, 0.15) is 67.4 Å². The Morgan fingerprint density at radius 2 is 1.93 bits per heavy atom. The van der Waals surface area contributed by atoms with Crippen molar-refractivity contribution < 1.29 is 10.0 Å². The summed E-state index contributed by atoms with van der Waals surface area (Å²) in [7, 11) is 0. The second-order valence-corrected chi connectivity index (χ2v) is 9.27. The van der Waals surface area contributed by atoms with Gasteiger partial charge in [0.15, 0.2) is 6.04 Å². The van der Waals surface area contributed by atoms with Crippen molar-refractivity contribution in [2.24, 2.45) is 5.92 Å². The highest BCUT2D eigenvalue weighted by Gasteiger charge is 2.35. The number of hydrogen-bond acceptors (Lipinski definition) is 4. The maximum atomic E-state index is 10.9. The SMILES string of the molecule is Cc1nc2sc([C@H](c3ccc(C(C)C)cc3)[NH+]3CCC[C@H](C)C3)c(O)n2n1. The molecule has 27 heavy (non-hydrogen) atoms. The van der Waals surface area contributed by atoms with Crippen molar-refractivity contribution in [1.29, 1.82) is 0 Å². The lowest BCUT2D eigenvalue weighted by Gasteiger charge is -2.34. The Labute approximate surface area is 164 Å². The molecule has 0 radical (unpaired) electrons. The molecule has 6 heteroatoms. The smallest absolute Gasteiger partial charge is 0.235 e. The van der Waals surface area contributed by atoms with Crippen molar-refractivity contribution in [1.82, 2.24) is 14.6 Å². The summed E-state index contributed by atoms with van der Waals surface area (Å²) >= 11 is 1.57. The third kappa shape index (κ3) is 3.48. The normalized spacial score (nSPS) is 21.8. The van der Waals surface area contributed by atoms with Crippen LogP contribution in [0.3, 0.4) is 0 Å². The quantitative estimate of drug-likeness (QED) is 0.724. The number of hydrogen-bond donors (Lipinski definition) is 2. The van der Waals surface area contributed by atoms with Gasteiger partial charge in [0.05, 0.1) is 13.1 Å². The van der Waals surface area contributed by atoms with Crippen LogP contribution in [-0.2, 0) is 0 Å². The van der Waals surface area contributed by atoms with Gasteiger partial charge < -0.3 is 10.0 Å². The van der Waals surface area contributed by atoms with Crippen molar-refractivity contribution in [2.75, 3.05) is 13.1 Å². The molecule has 2 aromatic heterocycles. The number of fused-ring (bicyclic) bond motifs is 1. The lowest BCUT2D eigenvalue weighted by molar-refractivity contribution is -0.933. The van der Waals surface area contributed by atoms with Crippen LogP contribution in [0.15, 0.2) is 24.3 Å². The van der Waals surface area contributed by atoms with Crippen molar-refractivity contribution in [2.45, 2.75) is 52.5 Å². The number of nitrogens with one attached hydrogen (secondary N) is 1. The van der Waals surface area contributed by atoms with Crippen LogP contribution in [0.25, 0.3) is 4.96 Å². The topological polar surface area (TPSA) is 54.9 Å². The maximum absolute atomic E-state index is 10.9. The summed E-state index contributed by atoms with van der Waals surface area (Å²) in [6.45, 7) is 10.9. The second kappa shape index (κ2) is 7.24. The van der Waals surface area contributed by atoms with Gasteiger partial charge in [0.2, 0.25) is 10.8 Å². The Hall–Kier alpha value is -1.92. The van der Waals surface area contributed by atoms with Crippen LogP contribution in [0.4, 0.5) is 0 Å². The number of aryl methyl sites for hydroxylation is 1. The fourth-order valence-electron chi connectivity index (χ4n) is 4.27. The molecule has 1 aliphatic rings. The average Bonchev–Trinajstić information content (AvgIpc) is 3.14. The van der Waals surface area contributed by atoms with Crippen molar-refractivity contribution in [3.63, 3.8) is 0 Å². The van der Waals surface area contributed by atoms with Gasteiger partial charge in [-0.3, -0.25) is 0 Å². The first kappa shape index (κ1) is 18.4. The third-order valence-corrected chi connectivity index (χ3v) is 6.80. The molecule has 0 spiro atoms. The molecular formula is C21H29N4OS+. The molecule has 1 fully saturated rings. The van der Waals surface area contributed by atoms with E-state index in [-0.39, 0.29) is 11.9 Å². The van der Waals surface area contributed by atoms with E-state index in [9.17, 15) is 5.11 Å². The molecule has 0 amide bonds. The van der Waals surface area contributed by atoms with Gasteiger partial charge in [0.1, 0.15) is 10.7 Å². The standard InChI is InChI=1S/C21H28N4OS/c1-13(2)16-7-9-17(10-8-16)18(24-11-5-6-14(3)12-24)19-20(26)25-21(27-19)22-15(4)23-25/h7-10,13-14,18,26H,5-6,11-12H2,1-4H3/p+1/t14-,18-/m0/s1. The van der Waals surface area contributed by atoms with Gasteiger partial charge in [-0.05, 0) is 31.2 Å². The van der Waals surface area contributed by atoms with Crippen LogP contribution in [0.5, 0.6) is 5.88 Å². The lowest BCUT2D eigenvalue weighted by atomic mass is 9.94. The Morgan fingerprint density at radius 1 is 1.22 bits per heavy atom. The Kier molecular flexibility index (Phi) is 4.95. The van der Waals surface area contributed by atoms with Crippen LogP contribution in [0.2, 0.25) is 0 Å². The molecule has 0 aliphatic carbocycles. The highest BCUT2D eigenvalue weighted by molar-refractivity contribution is 7.17. The highest BCUT2D eigenvalue weighted by Crippen LogP contribution is 2.35. The van der Waals surface area contributed by atoms with Crippen LogP contribution >= 0.6 is 11.3 Å². The number of benzene rings is 1. The molecule has 3 aromatic rings. The Morgan fingerprint density at radius 3 is 2.56 bits per heavy atom. The predicted molar refractivity (Wildman–Crippen MR) is 109 cm³/mol. The van der Waals surface area contributed by atoms with Gasteiger partial charge >= 0.3 is 0 Å². The minimum Gasteiger partial charge on any atom is -0.492 e. The van der Waals surface area contributed by atoms with E-state index in [4.69, 9.17) is 0 Å². The van der Waals surface area contributed by atoms with E-state index >= 15 is 0 Å². The Bertz CT molecular complexity index is 928. The van der Waals surface area contributed by atoms with Crippen LogP contribution in [-0.4, -0.2) is 32.8 Å². The molecule has 1 saturated heterocycles. The zero-order chi connectivity index (χ0) is 19.1. The first-order valence-corrected chi connectivity index (χ1v) is 10.7. The number of quaternary nitrogens is 1. The summed E-state index contributed by atoms with van der Waals surface area (Å²) in [5.74, 6) is 2.17. The molecule has 1 aromatic carbocycles. The van der Waals surface area contributed by atoms with E-state index in [0.717, 1.165) is 22.9 Å². The van der Waals surface area contributed by atoms with E-state index in [1.165, 1.54) is 28.9 Å². The fraction of sp³-hybridized carbons (Fsp3) is 0.524. The molecule has 3 atom stereocenters. The Balaban J connectivity index is 1.79. The van der Waals surface area contributed by atoms with E-state index in [0.29, 0.717) is 17.7 Å². The van der Waals surface area contributed by atoms with Crippen molar-refractivity contribution in [3.8, 4) is 5.88 Å². The molecule has 1 unspecified atom stereocenters. The lowest BCUT2D eigenvalue weighted by Crippen LogP contribution is -3.13. The summed E-state index contributed by atoms with van der Waals surface area (Å²) in [6, 6.07) is 9.08. The number of likely N-dealkylation sites (tertiary alicyclic amines) is 1. The number of thiazole rings is 1. The molecule has 5 nitrogen and oxygen atoms in total. The molecule has 0 bridgehead atoms. The summed E-state index contributed by atoms with van der Waals surface area (Å²) in [5, 5.41) is 15.3. The molecule has 4 rings (SSSR count). The highest BCUT2D eigenvalue weighted by atomic mass is 32.1. The van der Waals surface area contributed by atoms with Crippen LogP contribution in [0, 0.1) is 12.8 Å². The van der Waals surface area contributed by atoms with Gasteiger partial charge in [-0.1, -0.05) is 56.4 Å². The molecular weight excluding hydrogens is 356 g/mol. The first-order chi connectivity index (χ1) is 12.9. The van der Waals surface area contributed by atoms with Gasteiger partial charge in [-0.15, -0.1) is 5.10 Å². The molecule has 144 valence electrons. The summed E-state index contributed by atoms with van der Waals surface area (Å²) < 4.78 is 1.59. The van der Waals surface area contributed by atoms with Crippen molar-refractivity contribution in [3.05, 3.63) is 46.1 Å². The van der Waals surface area contributed by atoms with Gasteiger partial charge in [0, 0.05) is 11.5 Å². The summed E-state index contributed by atoms with van der Waals surface area (Å²) in [6.07, 6.45) is 2.53. The summed E-state index contributed by atoms with van der Waals surface area (Å²) in [5.41, 5.74) is 2.61. The van der Waals surface area contributed by atoms with E-state index in [1.54, 1.807) is 15.9 Å². The molecule has 3 heterocycles. The number of piperidine rings is 1. The molecule has 1 aliphatic heterocycles. The number of rotatable bonds is 4. The monoisotopic (exact) mass is 385 g/mol.